The van der Waals surface area contributed by atoms with Crippen LogP contribution in [-0.2, 0) is 13.1 Å². The number of benzene rings is 1. The smallest absolute Gasteiger partial charge is 0.191 e. The molecular weight excluding hydrogens is 401 g/mol. The molecule has 0 aliphatic rings. The predicted molar refractivity (Wildman–Crippen MR) is 106 cm³/mol. The van der Waals surface area contributed by atoms with Crippen LogP contribution in [-0.4, -0.2) is 29.3 Å². The van der Waals surface area contributed by atoms with E-state index in [1.165, 1.54) is 11.1 Å². The van der Waals surface area contributed by atoms with Crippen molar-refractivity contribution in [1.29, 1.82) is 0 Å². The molecule has 1 heterocycles. The number of rotatable bonds is 6. The van der Waals surface area contributed by atoms with E-state index in [9.17, 15) is 0 Å². The van der Waals surface area contributed by atoms with Crippen molar-refractivity contribution in [3.63, 3.8) is 0 Å². The van der Waals surface area contributed by atoms with Crippen LogP contribution >= 0.6 is 24.0 Å². The van der Waals surface area contributed by atoms with Crippen LogP contribution in [0, 0.1) is 12.8 Å². The van der Waals surface area contributed by atoms with E-state index in [4.69, 9.17) is 0 Å². The van der Waals surface area contributed by atoms with Gasteiger partial charge in [-0.05, 0) is 24.5 Å². The van der Waals surface area contributed by atoms with E-state index in [1.54, 1.807) is 7.05 Å². The number of aliphatic imine (C=N–C) groups is 1. The Labute approximate surface area is 155 Å². The standard InChI is InChI=1S/C17H25N5.HI/c1-14-6-4-7-16(10-14)12-20-17(18-3)19-11-15(2)13-22-9-5-8-21-22;/h4-10,15H,11-13H2,1-3H3,(H2,18,19,20);1H. The van der Waals surface area contributed by atoms with Gasteiger partial charge in [-0.1, -0.05) is 36.8 Å². The second-order valence-electron chi connectivity index (χ2n) is 5.63. The quantitative estimate of drug-likeness (QED) is 0.424. The molecule has 2 rings (SSSR count). The molecule has 2 aromatic rings. The number of halogens is 1. The molecule has 0 saturated carbocycles. The highest BCUT2D eigenvalue weighted by molar-refractivity contribution is 14.0. The average molecular weight is 427 g/mol. The minimum atomic E-state index is 0. The largest absolute Gasteiger partial charge is 0.356 e. The fourth-order valence-electron chi connectivity index (χ4n) is 2.29. The van der Waals surface area contributed by atoms with E-state index in [0.717, 1.165) is 25.6 Å². The van der Waals surface area contributed by atoms with Crippen molar-refractivity contribution in [3.8, 4) is 0 Å². The molecular formula is C17H26IN5. The maximum absolute atomic E-state index is 4.27. The van der Waals surface area contributed by atoms with E-state index in [0.29, 0.717) is 5.92 Å². The van der Waals surface area contributed by atoms with E-state index in [-0.39, 0.29) is 24.0 Å². The summed E-state index contributed by atoms with van der Waals surface area (Å²) in [4.78, 5) is 4.27. The first kappa shape index (κ1) is 19.5. The summed E-state index contributed by atoms with van der Waals surface area (Å²) in [6.07, 6.45) is 3.80. The molecule has 0 fully saturated rings. The first-order valence-corrected chi connectivity index (χ1v) is 7.65. The second-order valence-corrected chi connectivity index (χ2v) is 5.63. The zero-order valence-corrected chi connectivity index (χ0v) is 16.3. The third-order valence-electron chi connectivity index (χ3n) is 3.44. The zero-order chi connectivity index (χ0) is 15.8. The van der Waals surface area contributed by atoms with Gasteiger partial charge in [-0.15, -0.1) is 24.0 Å². The minimum Gasteiger partial charge on any atom is -0.356 e. The number of nitrogens with one attached hydrogen (secondary N) is 2. The molecule has 0 aliphatic heterocycles. The van der Waals surface area contributed by atoms with Gasteiger partial charge in [0.2, 0.25) is 0 Å². The fraction of sp³-hybridized carbons (Fsp3) is 0.412. The van der Waals surface area contributed by atoms with Gasteiger partial charge in [0, 0.05) is 39.1 Å². The lowest BCUT2D eigenvalue weighted by Crippen LogP contribution is -2.39. The lowest BCUT2D eigenvalue weighted by Gasteiger charge is -2.16. The molecule has 6 heteroatoms. The van der Waals surface area contributed by atoms with Crippen molar-refractivity contribution in [3.05, 3.63) is 53.9 Å². The van der Waals surface area contributed by atoms with Gasteiger partial charge in [0.1, 0.15) is 0 Å². The van der Waals surface area contributed by atoms with Crippen LogP contribution in [0.5, 0.6) is 0 Å². The molecule has 1 atom stereocenters. The van der Waals surface area contributed by atoms with Crippen molar-refractivity contribution in [2.24, 2.45) is 10.9 Å². The molecule has 2 N–H and O–H groups in total. The number of guanidine groups is 1. The summed E-state index contributed by atoms with van der Waals surface area (Å²) < 4.78 is 1.95. The highest BCUT2D eigenvalue weighted by Gasteiger charge is 2.05. The Hall–Kier alpha value is -1.57. The summed E-state index contributed by atoms with van der Waals surface area (Å²) in [5.41, 5.74) is 2.53. The van der Waals surface area contributed by atoms with Crippen LogP contribution in [0.25, 0.3) is 0 Å². The van der Waals surface area contributed by atoms with Crippen LogP contribution < -0.4 is 10.6 Å². The third kappa shape index (κ3) is 7.02. The van der Waals surface area contributed by atoms with Gasteiger partial charge in [0.25, 0.3) is 0 Å². The lowest BCUT2D eigenvalue weighted by atomic mass is 10.1. The Morgan fingerprint density at radius 1 is 1.30 bits per heavy atom. The van der Waals surface area contributed by atoms with Crippen molar-refractivity contribution in [2.45, 2.75) is 26.9 Å². The monoisotopic (exact) mass is 427 g/mol. The Kier molecular flexibility index (Phi) is 8.68. The summed E-state index contributed by atoms with van der Waals surface area (Å²) in [5.74, 6) is 1.30. The minimum absolute atomic E-state index is 0. The number of hydrogen-bond donors (Lipinski definition) is 2. The van der Waals surface area contributed by atoms with Crippen LogP contribution in [0.4, 0.5) is 0 Å². The molecule has 0 bridgehead atoms. The lowest BCUT2D eigenvalue weighted by molar-refractivity contribution is 0.443. The van der Waals surface area contributed by atoms with E-state index in [2.05, 4.69) is 58.8 Å². The van der Waals surface area contributed by atoms with Crippen molar-refractivity contribution >= 4 is 29.9 Å². The Morgan fingerprint density at radius 2 is 2.13 bits per heavy atom. The average Bonchev–Trinajstić information content (AvgIpc) is 3.00. The SMILES string of the molecule is CN=C(NCc1cccc(C)c1)NCC(C)Cn1cccn1.I. The molecule has 1 aromatic heterocycles. The maximum Gasteiger partial charge on any atom is 0.191 e. The van der Waals surface area contributed by atoms with Gasteiger partial charge in [-0.25, -0.2) is 0 Å². The van der Waals surface area contributed by atoms with Gasteiger partial charge < -0.3 is 10.6 Å². The molecule has 1 aromatic carbocycles. The van der Waals surface area contributed by atoms with Gasteiger partial charge in [-0.3, -0.25) is 9.67 Å². The summed E-state index contributed by atoms with van der Waals surface area (Å²) in [6.45, 7) is 6.83. The number of aryl methyl sites for hydroxylation is 1. The Bertz CT molecular complexity index is 595. The van der Waals surface area contributed by atoms with Gasteiger partial charge in [0.15, 0.2) is 5.96 Å². The summed E-state index contributed by atoms with van der Waals surface area (Å²) >= 11 is 0. The molecule has 0 spiro atoms. The molecule has 0 radical (unpaired) electrons. The molecule has 0 aliphatic carbocycles. The van der Waals surface area contributed by atoms with Crippen LogP contribution in [0.3, 0.4) is 0 Å². The van der Waals surface area contributed by atoms with Gasteiger partial charge in [-0.2, -0.15) is 5.10 Å². The molecule has 1 unspecified atom stereocenters. The number of aromatic nitrogens is 2. The molecule has 0 amide bonds. The van der Waals surface area contributed by atoms with Crippen molar-refractivity contribution in [2.75, 3.05) is 13.6 Å². The fourth-order valence-corrected chi connectivity index (χ4v) is 2.29. The highest BCUT2D eigenvalue weighted by atomic mass is 127. The zero-order valence-electron chi connectivity index (χ0n) is 14.0. The summed E-state index contributed by atoms with van der Waals surface area (Å²) in [6, 6.07) is 10.4. The Morgan fingerprint density at radius 3 is 2.78 bits per heavy atom. The number of hydrogen-bond acceptors (Lipinski definition) is 2. The van der Waals surface area contributed by atoms with Crippen LogP contribution in [0.15, 0.2) is 47.7 Å². The van der Waals surface area contributed by atoms with E-state index >= 15 is 0 Å². The highest BCUT2D eigenvalue weighted by Crippen LogP contribution is 2.03. The van der Waals surface area contributed by atoms with Crippen LogP contribution in [0.2, 0.25) is 0 Å². The normalized spacial score (nSPS) is 12.4. The van der Waals surface area contributed by atoms with Crippen molar-refractivity contribution in [1.82, 2.24) is 20.4 Å². The van der Waals surface area contributed by atoms with E-state index in [1.807, 2.05) is 23.1 Å². The van der Waals surface area contributed by atoms with E-state index < -0.39 is 0 Å². The number of nitrogens with zero attached hydrogens (tertiary/aromatic N) is 3. The predicted octanol–water partition coefficient (Wildman–Crippen LogP) is 2.81. The topological polar surface area (TPSA) is 54.2 Å². The van der Waals surface area contributed by atoms with Crippen molar-refractivity contribution < 1.29 is 0 Å². The van der Waals surface area contributed by atoms with Gasteiger partial charge >= 0.3 is 0 Å². The summed E-state index contributed by atoms with van der Waals surface area (Å²) in [5, 5.41) is 10.9. The maximum atomic E-state index is 4.27. The second kappa shape index (κ2) is 10.3. The molecule has 5 nitrogen and oxygen atoms in total. The third-order valence-corrected chi connectivity index (χ3v) is 3.44. The molecule has 126 valence electrons. The molecule has 23 heavy (non-hydrogen) atoms. The van der Waals surface area contributed by atoms with Gasteiger partial charge in [0.05, 0.1) is 0 Å². The summed E-state index contributed by atoms with van der Waals surface area (Å²) in [7, 11) is 1.80. The first-order valence-electron chi connectivity index (χ1n) is 7.65. The van der Waals surface area contributed by atoms with Crippen LogP contribution in [0.1, 0.15) is 18.1 Å². The Balaban J connectivity index is 0.00000264. The molecule has 0 saturated heterocycles. The first-order chi connectivity index (χ1) is 10.7.